The van der Waals surface area contributed by atoms with Crippen LogP contribution in [0.25, 0.3) is 10.8 Å². The number of rotatable bonds is 5. The Hall–Kier alpha value is -1.97. The highest BCUT2D eigenvalue weighted by molar-refractivity contribution is 7.99. The van der Waals surface area contributed by atoms with E-state index in [0.29, 0.717) is 5.75 Å². The van der Waals surface area contributed by atoms with Crippen LogP contribution in [0.2, 0.25) is 5.02 Å². The summed E-state index contributed by atoms with van der Waals surface area (Å²) in [4.78, 5) is 12.0. The van der Waals surface area contributed by atoms with Gasteiger partial charge in [0.25, 0.3) is 0 Å². The molecule has 1 N–H and O–H groups in total. The van der Waals surface area contributed by atoms with Crippen molar-refractivity contribution in [3.63, 3.8) is 0 Å². The lowest BCUT2D eigenvalue weighted by Gasteiger charge is -2.07. The van der Waals surface area contributed by atoms with Crippen LogP contribution in [0.1, 0.15) is 5.56 Å². The van der Waals surface area contributed by atoms with E-state index >= 15 is 0 Å². The van der Waals surface area contributed by atoms with Crippen LogP contribution in [0.5, 0.6) is 0 Å². The molecule has 0 heterocycles. The highest BCUT2D eigenvalue weighted by atomic mass is 35.5. The number of carbonyl (C=O) groups excluding carboxylic acids is 1. The Balaban J connectivity index is 1.53. The molecule has 0 aliphatic heterocycles. The van der Waals surface area contributed by atoms with Crippen LogP contribution in [0, 0.1) is 0 Å². The number of benzene rings is 3. The van der Waals surface area contributed by atoms with Crippen LogP contribution in [-0.2, 0) is 10.5 Å². The number of hydrogen-bond acceptors (Lipinski definition) is 2. The first kappa shape index (κ1) is 15.9. The topological polar surface area (TPSA) is 29.1 Å². The molecule has 0 radical (unpaired) electrons. The predicted octanol–water partition coefficient (Wildman–Crippen LogP) is 5.37. The molecule has 116 valence electrons. The van der Waals surface area contributed by atoms with Crippen molar-refractivity contribution in [2.24, 2.45) is 0 Å². The largest absolute Gasteiger partial charge is 0.325 e. The maximum absolute atomic E-state index is 12.0. The van der Waals surface area contributed by atoms with Crippen LogP contribution in [0.15, 0.2) is 66.7 Å². The summed E-state index contributed by atoms with van der Waals surface area (Å²) in [5, 5.41) is 5.97. The van der Waals surface area contributed by atoms with Gasteiger partial charge in [-0.3, -0.25) is 4.79 Å². The number of nitrogens with one attached hydrogen (secondary N) is 1. The maximum atomic E-state index is 12.0. The van der Waals surface area contributed by atoms with Crippen LogP contribution >= 0.6 is 23.4 Å². The zero-order valence-electron chi connectivity index (χ0n) is 12.5. The second-order valence-electron chi connectivity index (χ2n) is 5.23. The van der Waals surface area contributed by atoms with Gasteiger partial charge in [0.05, 0.1) is 5.75 Å². The zero-order chi connectivity index (χ0) is 16.1. The summed E-state index contributed by atoms with van der Waals surface area (Å²) in [5.41, 5.74) is 2.00. The molecular weight excluding hydrogens is 326 g/mol. The first-order valence-corrected chi connectivity index (χ1v) is 8.85. The second-order valence-corrected chi connectivity index (χ2v) is 6.65. The van der Waals surface area contributed by atoms with Crippen LogP contribution in [-0.4, -0.2) is 11.7 Å². The molecule has 3 aromatic carbocycles. The third-order valence-corrected chi connectivity index (χ3v) is 4.70. The fourth-order valence-corrected chi connectivity index (χ4v) is 3.22. The van der Waals surface area contributed by atoms with E-state index in [-0.39, 0.29) is 5.91 Å². The van der Waals surface area contributed by atoms with Gasteiger partial charge in [-0.05, 0) is 40.6 Å². The molecule has 23 heavy (non-hydrogen) atoms. The average Bonchev–Trinajstić information content (AvgIpc) is 2.56. The van der Waals surface area contributed by atoms with Crippen LogP contribution in [0.4, 0.5) is 5.69 Å². The fraction of sp³-hybridized carbons (Fsp3) is 0.105. The van der Waals surface area contributed by atoms with Gasteiger partial charge in [-0.1, -0.05) is 54.1 Å². The molecule has 4 heteroatoms. The van der Waals surface area contributed by atoms with Gasteiger partial charge < -0.3 is 5.32 Å². The van der Waals surface area contributed by atoms with Crippen LogP contribution in [0.3, 0.4) is 0 Å². The number of hydrogen-bond donors (Lipinski definition) is 1. The molecule has 3 rings (SSSR count). The van der Waals surface area contributed by atoms with Gasteiger partial charge in [-0.25, -0.2) is 0 Å². The summed E-state index contributed by atoms with van der Waals surface area (Å²) in [6.07, 6.45) is 0. The number of halogens is 1. The van der Waals surface area contributed by atoms with E-state index in [1.165, 1.54) is 5.39 Å². The summed E-state index contributed by atoms with van der Waals surface area (Å²) in [6, 6.07) is 21.8. The molecule has 0 atom stereocenters. The lowest BCUT2D eigenvalue weighted by molar-refractivity contribution is -0.113. The fourth-order valence-electron chi connectivity index (χ4n) is 2.31. The maximum Gasteiger partial charge on any atom is 0.234 e. The minimum Gasteiger partial charge on any atom is -0.325 e. The molecule has 0 saturated carbocycles. The summed E-state index contributed by atoms with van der Waals surface area (Å²) in [5.74, 6) is 1.23. The van der Waals surface area contributed by atoms with E-state index in [1.807, 2.05) is 60.7 Å². The van der Waals surface area contributed by atoms with E-state index in [9.17, 15) is 4.79 Å². The Morgan fingerprint density at radius 1 is 0.957 bits per heavy atom. The Morgan fingerprint density at radius 3 is 2.48 bits per heavy atom. The first-order valence-electron chi connectivity index (χ1n) is 7.31. The van der Waals surface area contributed by atoms with Crippen molar-refractivity contribution >= 4 is 45.7 Å². The van der Waals surface area contributed by atoms with Crippen molar-refractivity contribution in [3.8, 4) is 0 Å². The van der Waals surface area contributed by atoms with Crippen molar-refractivity contribution in [1.29, 1.82) is 0 Å². The molecule has 0 fully saturated rings. The van der Waals surface area contributed by atoms with Crippen molar-refractivity contribution in [2.45, 2.75) is 5.75 Å². The number of thioether (sulfide) groups is 1. The summed E-state index contributed by atoms with van der Waals surface area (Å²) >= 11 is 7.45. The van der Waals surface area contributed by atoms with Crippen molar-refractivity contribution in [1.82, 2.24) is 0 Å². The van der Waals surface area contributed by atoms with Crippen LogP contribution < -0.4 is 5.32 Å². The monoisotopic (exact) mass is 341 g/mol. The lowest BCUT2D eigenvalue weighted by Crippen LogP contribution is -2.14. The lowest BCUT2D eigenvalue weighted by atomic mass is 10.1. The minimum atomic E-state index is 0.0132. The minimum absolute atomic E-state index is 0.0132. The van der Waals surface area contributed by atoms with Gasteiger partial charge >= 0.3 is 0 Å². The molecule has 0 spiro atoms. The SMILES string of the molecule is O=C(CSCc1ccc(Cl)cc1)Nc1ccc2ccccc2c1. The Labute approximate surface area is 144 Å². The van der Waals surface area contributed by atoms with Gasteiger partial charge in [0.15, 0.2) is 0 Å². The van der Waals surface area contributed by atoms with E-state index in [1.54, 1.807) is 11.8 Å². The molecule has 0 saturated heterocycles. The molecule has 0 unspecified atom stereocenters. The summed E-state index contributed by atoms with van der Waals surface area (Å²) < 4.78 is 0. The quantitative estimate of drug-likeness (QED) is 0.676. The molecule has 1 amide bonds. The molecule has 0 bridgehead atoms. The number of amides is 1. The van der Waals surface area contributed by atoms with Gasteiger partial charge in [0, 0.05) is 16.5 Å². The van der Waals surface area contributed by atoms with E-state index in [0.717, 1.165) is 27.4 Å². The number of anilines is 1. The Morgan fingerprint density at radius 2 is 1.70 bits per heavy atom. The van der Waals surface area contributed by atoms with Gasteiger partial charge in [0.2, 0.25) is 5.91 Å². The Bertz CT molecular complexity index is 817. The predicted molar refractivity (Wildman–Crippen MR) is 100 cm³/mol. The molecule has 0 aromatic heterocycles. The number of carbonyl (C=O) groups is 1. The molecule has 3 aromatic rings. The third-order valence-electron chi connectivity index (χ3n) is 3.45. The van der Waals surface area contributed by atoms with E-state index in [2.05, 4.69) is 11.4 Å². The normalized spacial score (nSPS) is 10.7. The Kier molecular flexibility index (Phi) is 5.21. The van der Waals surface area contributed by atoms with Crippen molar-refractivity contribution in [3.05, 3.63) is 77.3 Å². The molecular formula is C19H16ClNOS. The zero-order valence-corrected chi connectivity index (χ0v) is 14.0. The molecule has 0 aliphatic rings. The third kappa shape index (κ3) is 4.50. The van der Waals surface area contributed by atoms with Crippen molar-refractivity contribution in [2.75, 3.05) is 11.1 Å². The number of fused-ring (bicyclic) bond motifs is 1. The highest BCUT2D eigenvalue weighted by Crippen LogP contribution is 2.20. The van der Waals surface area contributed by atoms with Gasteiger partial charge in [-0.2, -0.15) is 0 Å². The van der Waals surface area contributed by atoms with E-state index in [4.69, 9.17) is 11.6 Å². The highest BCUT2D eigenvalue weighted by Gasteiger charge is 2.04. The smallest absolute Gasteiger partial charge is 0.234 e. The van der Waals surface area contributed by atoms with E-state index < -0.39 is 0 Å². The van der Waals surface area contributed by atoms with Crippen molar-refractivity contribution < 1.29 is 4.79 Å². The summed E-state index contributed by atoms with van der Waals surface area (Å²) in [7, 11) is 0. The molecule has 2 nitrogen and oxygen atoms in total. The van der Waals surface area contributed by atoms with Gasteiger partial charge in [-0.15, -0.1) is 11.8 Å². The standard InChI is InChI=1S/C19H16ClNOS/c20-17-8-5-14(6-9-17)12-23-13-19(22)21-18-10-7-15-3-1-2-4-16(15)11-18/h1-11H,12-13H2,(H,21,22). The average molecular weight is 342 g/mol. The van der Waals surface area contributed by atoms with Gasteiger partial charge in [0.1, 0.15) is 0 Å². The summed E-state index contributed by atoms with van der Waals surface area (Å²) in [6.45, 7) is 0. The second kappa shape index (κ2) is 7.53. The first-order chi connectivity index (χ1) is 11.2. The molecule has 0 aliphatic carbocycles.